The Labute approximate surface area is 169 Å². The molecule has 4 aliphatic carbocycles. The number of rotatable bonds is 5. The Morgan fingerprint density at radius 3 is 1.97 bits per heavy atom. The van der Waals surface area contributed by atoms with Crippen molar-refractivity contribution in [2.24, 2.45) is 41.4 Å². The van der Waals surface area contributed by atoms with Crippen molar-refractivity contribution in [1.82, 2.24) is 5.06 Å². The maximum Gasteiger partial charge on any atom is 0.433 e. The molecule has 7 nitrogen and oxygen atoms in total. The van der Waals surface area contributed by atoms with Crippen LogP contribution in [0.4, 0.5) is 17.6 Å². The van der Waals surface area contributed by atoms with Crippen LogP contribution >= 0.6 is 0 Å². The molecule has 1 N–H and O–H groups in total. The molecule has 5 rings (SSSR count). The van der Waals surface area contributed by atoms with Crippen molar-refractivity contribution in [3.8, 4) is 0 Å². The first-order valence-corrected chi connectivity index (χ1v) is 11.2. The summed E-state index contributed by atoms with van der Waals surface area (Å²) in [5, 5.41) is 3.75. The molecule has 1 aliphatic heterocycles. The van der Waals surface area contributed by atoms with Crippen LogP contribution < -0.4 is 0 Å². The number of carbonyl (C=O) groups excluding carboxylic acids is 2. The summed E-state index contributed by atoms with van der Waals surface area (Å²) < 4.78 is 87.2. The molecule has 0 aromatic rings. The molecule has 3 saturated carbocycles. The molecule has 1 saturated heterocycles. The number of nitrogens with zero attached hydrogens (tertiary/aromatic N) is 1. The van der Waals surface area contributed by atoms with E-state index < -0.39 is 75.2 Å². The van der Waals surface area contributed by atoms with Gasteiger partial charge in [0.1, 0.15) is 0 Å². The van der Waals surface area contributed by atoms with Crippen molar-refractivity contribution in [3.63, 3.8) is 0 Å². The van der Waals surface area contributed by atoms with E-state index in [1.807, 2.05) is 0 Å². The summed E-state index contributed by atoms with van der Waals surface area (Å²) in [6, 6.07) is 0. The van der Waals surface area contributed by atoms with Crippen molar-refractivity contribution < 1.29 is 45.0 Å². The third kappa shape index (κ3) is 2.41. The monoisotopic (exact) mass is 453 g/mol. The molecule has 30 heavy (non-hydrogen) atoms. The first-order valence-electron chi connectivity index (χ1n) is 9.80. The third-order valence-electron chi connectivity index (χ3n) is 7.59. The SMILES string of the molecule is O=C1C2C3C=CC(C3)C2C(=O)N1OS(=O)(=O)C(F)(F)C(F)(F)C1CC2CC1CC2O. The zero-order valence-electron chi connectivity index (χ0n) is 15.5. The maximum absolute atomic E-state index is 14.7. The smallest absolute Gasteiger partial charge is 0.393 e. The van der Waals surface area contributed by atoms with E-state index in [2.05, 4.69) is 4.28 Å². The molecule has 0 aromatic carbocycles. The Kier molecular flexibility index (Phi) is 4.10. The van der Waals surface area contributed by atoms with Gasteiger partial charge in [-0.05, 0) is 49.4 Å². The van der Waals surface area contributed by atoms with Gasteiger partial charge in [-0.3, -0.25) is 9.59 Å². The van der Waals surface area contributed by atoms with Crippen LogP contribution in [0.2, 0.25) is 0 Å². The van der Waals surface area contributed by atoms with Gasteiger partial charge in [-0.25, -0.2) is 0 Å². The van der Waals surface area contributed by atoms with Gasteiger partial charge in [0.05, 0.1) is 17.9 Å². The first kappa shape index (κ1) is 20.4. The summed E-state index contributed by atoms with van der Waals surface area (Å²) in [5.74, 6) is -13.2. The van der Waals surface area contributed by atoms with Crippen molar-refractivity contribution in [2.45, 2.75) is 43.0 Å². The topological polar surface area (TPSA) is 101 Å². The van der Waals surface area contributed by atoms with Crippen LogP contribution in [0.5, 0.6) is 0 Å². The molecule has 8 atom stereocenters. The maximum atomic E-state index is 14.7. The Balaban J connectivity index is 1.38. The Hall–Kier alpha value is -1.53. The Morgan fingerprint density at radius 1 is 0.933 bits per heavy atom. The minimum Gasteiger partial charge on any atom is -0.393 e. The van der Waals surface area contributed by atoms with E-state index >= 15 is 0 Å². The molecular formula is C18H19F4NO6S. The molecule has 5 aliphatic rings. The van der Waals surface area contributed by atoms with E-state index in [9.17, 15) is 40.7 Å². The molecular weight excluding hydrogens is 434 g/mol. The fourth-order valence-corrected chi connectivity index (χ4v) is 7.09. The number of hydrogen-bond acceptors (Lipinski definition) is 6. The Bertz CT molecular complexity index is 920. The number of carbonyl (C=O) groups is 2. The van der Waals surface area contributed by atoms with Crippen LogP contribution in [-0.4, -0.2) is 47.7 Å². The number of alkyl halides is 4. The van der Waals surface area contributed by atoms with Gasteiger partial charge in [-0.15, -0.1) is 9.35 Å². The van der Waals surface area contributed by atoms with Gasteiger partial charge in [0.2, 0.25) is 0 Å². The van der Waals surface area contributed by atoms with Crippen LogP contribution in [0.25, 0.3) is 0 Å². The molecule has 0 aromatic heterocycles. The average molecular weight is 453 g/mol. The van der Waals surface area contributed by atoms with E-state index in [1.165, 1.54) is 0 Å². The summed E-state index contributed by atoms with van der Waals surface area (Å²) in [7, 11) is -6.36. The second kappa shape index (κ2) is 6.04. The van der Waals surface area contributed by atoms with Crippen molar-refractivity contribution in [1.29, 1.82) is 0 Å². The quantitative estimate of drug-likeness (QED) is 0.386. The summed E-state index contributed by atoms with van der Waals surface area (Å²) in [4.78, 5) is 24.9. The predicted molar refractivity (Wildman–Crippen MR) is 89.8 cm³/mol. The average Bonchev–Trinajstić information content (AvgIpc) is 3.45. The molecule has 12 heteroatoms. The van der Waals surface area contributed by atoms with Crippen LogP contribution in [-0.2, 0) is 24.0 Å². The van der Waals surface area contributed by atoms with E-state index in [0.717, 1.165) is 0 Å². The number of fused-ring (bicyclic) bond motifs is 7. The lowest BCUT2D eigenvalue weighted by atomic mass is 9.83. The number of hydrogen-bond donors (Lipinski definition) is 1. The molecule has 4 fully saturated rings. The fraction of sp³-hybridized carbons (Fsp3) is 0.778. The highest BCUT2D eigenvalue weighted by molar-refractivity contribution is 7.87. The number of amides is 2. The van der Waals surface area contributed by atoms with E-state index in [1.54, 1.807) is 12.2 Å². The number of aliphatic hydroxyl groups is 1. The zero-order chi connectivity index (χ0) is 21.8. The predicted octanol–water partition coefficient (Wildman–Crippen LogP) is 1.69. The van der Waals surface area contributed by atoms with Crippen LogP contribution in [0, 0.1) is 41.4 Å². The molecule has 8 unspecified atom stereocenters. The van der Waals surface area contributed by atoms with E-state index in [4.69, 9.17) is 0 Å². The second-order valence-electron chi connectivity index (χ2n) is 9.04. The van der Waals surface area contributed by atoms with Crippen LogP contribution in [0.3, 0.4) is 0 Å². The summed E-state index contributed by atoms with van der Waals surface area (Å²) in [6.45, 7) is 0. The lowest BCUT2D eigenvalue weighted by Crippen LogP contribution is -2.55. The Morgan fingerprint density at radius 2 is 1.50 bits per heavy atom. The highest BCUT2D eigenvalue weighted by atomic mass is 32.2. The lowest BCUT2D eigenvalue weighted by Gasteiger charge is -2.35. The van der Waals surface area contributed by atoms with Gasteiger partial charge in [-0.1, -0.05) is 12.2 Å². The van der Waals surface area contributed by atoms with Gasteiger partial charge in [0.15, 0.2) is 0 Å². The van der Waals surface area contributed by atoms with E-state index in [-0.39, 0.29) is 29.7 Å². The zero-order valence-corrected chi connectivity index (χ0v) is 16.3. The van der Waals surface area contributed by atoms with Gasteiger partial charge >= 0.3 is 21.3 Å². The van der Waals surface area contributed by atoms with Gasteiger partial charge in [-0.2, -0.15) is 26.0 Å². The number of imide groups is 1. The number of allylic oxidation sites excluding steroid dienone is 2. The number of aliphatic hydroxyl groups excluding tert-OH is 1. The number of halogens is 4. The standard InChI is InChI=1S/C18H19F4NO6S/c19-17(20,11-5-10-4-9(11)6-12(10)24)18(21,22)30(27,28)29-23-15(25)13-7-1-2-8(3-7)14(13)16(23)26/h1-2,7-14,24H,3-6H2. The minimum absolute atomic E-state index is 0.107. The van der Waals surface area contributed by atoms with Crippen LogP contribution in [0.15, 0.2) is 12.2 Å². The second-order valence-corrected chi connectivity index (χ2v) is 10.6. The largest absolute Gasteiger partial charge is 0.433 e. The summed E-state index contributed by atoms with van der Waals surface area (Å²) >= 11 is 0. The highest BCUT2D eigenvalue weighted by Crippen LogP contribution is 2.59. The summed E-state index contributed by atoms with van der Waals surface area (Å²) in [5.41, 5.74) is 0. The fourth-order valence-electron chi connectivity index (χ4n) is 6.17. The van der Waals surface area contributed by atoms with Crippen molar-refractivity contribution in [2.75, 3.05) is 0 Å². The lowest BCUT2D eigenvalue weighted by molar-refractivity contribution is -0.211. The molecule has 4 bridgehead atoms. The van der Waals surface area contributed by atoms with Gasteiger partial charge in [0, 0.05) is 5.92 Å². The normalized spacial score (nSPS) is 42.6. The van der Waals surface area contributed by atoms with Gasteiger partial charge < -0.3 is 5.11 Å². The molecule has 2 amide bonds. The highest BCUT2D eigenvalue weighted by Gasteiger charge is 2.74. The molecule has 1 heterocycles. The molecule has 166 valence electrons. The molecule has 0 radical (unpaired) electrons. The van der Waals surface area contributed by atoms with Crippen molar-refractivity contribution >= 4 is 21.9 Å². The minimum atomic E-state index is -6.36. The molecule has 0 spiro atoms. The first-order chi connectivity index (χ1) is 13.9. The number of hydroxylamine groups is 2. The van der Waals surface area contributed by atoms with Gasteiger partial charge in [0.25, 0.3) is 11.8 Å². The summed E-state index contributed by atoms with van der Waals surface area (Å²) in [6.07, 6.45) is 2.60. The van der Waals surface area contributed by atoms with Crippen molar-refractivity contribution in [3.05, 3.63) is 12.2 Å². The van der Waals surface area contributed by atoms with E-state index in [0.29, 0.717) is 6.42 Å². The van der Waals surface area contributed by atoms with Crippen LogP contribution in [0.1, 0.15) is 25.7 Å². The third-order valence-corrected chi connectivity index (χ3v) is 8.84.